The lowest BCUT2D eigenvalue weighted by Crippen LogP contribution is -2.57. The van der Waals surface area contributed by atoms with Gasteiger partial charge in [-0.25, -0.2) is 0 Å². The van der Waals surface area contributed by atoms with Crippen molar-refractivity contribution in [3.8, 4) is 0 Å². The first kappa shape index (κ1) is 17.6. The summed E-state index contributed by atoms with van der Waals surface area (Å²) in [4.78, 5) is 25.2. The average Bonchev–Trinajstić information content (AvgIpc) is 2.53. The van der Waals surface area contributed by atoms with Crippen molar-refractivity contribution >= 4 is 23.5 Å². The molecule has 5 atom stereocenters. The van der Waals surface area contributed by atoms with Crippen molar-refractivity contribution in [2.75, 3.05) is 0 Å². The Morgan fingerprint density at radius 3 is 2.32 bits per heavy atom. The predicted octanol–water partition coefficient (Wildman–Crippen LogP) is 3.94. The van der Waals surface area contributed by atoms with Gasteiger partial charge < -0.3 is 10.1 Å². The van der Waals surface area contributed by atoms with Crippen LogP contribution >= 0.6 is 11.6 Å². The molecule has 5 saturated carbocycles. The molecule has 5 aliphatic rings. The van der Waals surface area contributed by atoms with Gasteiger partial charge in [0.05, 0.1) is 5.41 Å². The molecule has 0 radical (unpaired) electrons. The van der Waals surface area contributed by atoms with Crippen LogP contribution in [0.1, 0.15) is 77.6 Å². The number of carbonyl (C=O) groups excluding carboxylic acids is 2. The van der Waals surface area contributed by atoms with Crippen LogP contribution in [0.2, 0.25) is 0 Å². The van der Waals surface area contributed by atoms with Crippen LogP contribution in [0.5, 0.6) is 0 Å². The Morgan fingerprint density at radius 2 is 1.72 bits per heavy atom. The second kappa shape index (κ2) is 6.44. The minimum atomic E-state index is -0.714. The summed E-state index contributed by atoms with van der Waals surface area (Å²) in [6.07, 6.45) is 10.8. The van der Waals surface area contributed by atoms with Crippen molar-refractivity contribution < 1.29 is 14.3 Å². The van der Waals surface area contributed by atoms with Crippen LogP contribution in [-0.2, 0) is 14.3 Å². The quantitative estimate of drug-likeness (QED) is 0.604. The molecule has 5 fully saturated rings. The van der Waals surface area contributed by atoms with Crippen molar-refractivity contribution in [1.29, 1.82) is 0 Å². The van der Waals surface area contributed by atoms with E-state index in [4.69, 9.17) is 16.3 Å². The van der Waals surface area contributed by atoms with Gasteiger partial charge in [0, 0.05) is 10.9 Å². The second-order valence-corrected chi connectivity index (χ2v) is 10.1. The molecule has 2 unspecified atom stereocenters. The number of amides is 1. The molecule has 0 spiro atoms. The van der Waals surface area contributed by atoms with Gasteiger partial charge in [-0.1, -0.05) is 19.3 Å². The maximum Gasteiger partial charge on any atom is 0.312 e. The molecule has 5 rings (SSSR count). The Morgan fingerprint density at radius 1 is 1.08 bits per heavy atom. The molecule has 1 amide bonds. The van der Waals surface area contributed by atoms with E-state index in [9.17, 15) is 9.59 Å². The summed E-state index contributed by atoms with van der Waals surface area (Å²) in [5, 5.41) is 3.06. The molecule has 0 aromatic carbocycles. The standard InChI is InChI=1S/C20H30ClNO3/c1-13(17(23)22-16-5-3-2-4-6-16)25-18(24)19-8-14-7-15(9-19)11-20(21,10-14)12-19/h13-16H,2-12H2,1H3,(H,22,23)/t13-,14-,15+,19?,20?/m0/s1. The van der Waals surface area contributed by atoms with Gasteiger partial charge in [0.15, 0.2) is 6.10 Å². The van der Waals surface area contributed by atoms with E-state index >= 15 is 0 Å². The first-order valence-corrected chi connectivity index (χ1v) is 10.5. The third kappa shape index (κ3) is 3.43. The largest absolute Gasteiger partial charge is 0.452 e. The van der Waals surface area contributed by atoms with Crippen LogP contribution in [-0.4, -0.2) is 28.9 Å². The van der Waals surface area contributed by atoms with E-state index in [1.165, 1.54) is 25.7 Å². The van der Waals surface area contributed by atoms with Crippen LogP contribution in [0.15, 0.2) is 0 Å². The molecule has 5 heteroatoms. The molecule has 4 bridgehead atoms. The van der Waals surface area contributed by atoms with Gasteiger partial charge in [0.1, 0.15) is 0 Å². The van der Waals surface area contributed by atoms with Gasteiger partial charge >= 0.3 is 5.97 Å². The molecule has 0 aromatic heterocycles. The van der Waals surface area contributed by atoms with Gasteiger partial charge in [-0.05, 0) is 70.1 Å². The van der Waals surface area contributed by atoms with Crippen LogP contribution < -0.4 is 5.32 Å². The number of carbonyl (C=O) groups is 2. The lowest BCUT2D eigenvalue weighted by Gasteiger charge is -2.58. The second-order valence-electron chi connectivity index (χ2n) is 9.28. The smallest absolute Gasteiger partial charge is 0.312 e. The highest BCUT2D eigenvalue weighted by Gasteiger charge is 2.61. The van der Waals surface area contributed by atoms with Crippen molar-refractivity contribution in [1.82, 2.24) is 5.32 Å². The molecule has 1 N–H and O–H groups in total. The van der Waals surface area contributed by atoms with E-state index in [0.29, 0.717) is 11.8 Å². The van der Waals surface area contributed by atoms with Crippen LogP contribution in [0.25, 0.3) is 0 Å². The third-order valence-corrected chi connectivity index (χ3v) is 7.47. The van der Waals surface area contributed by atoms with E-state index in [1.807, 2.05) is 0 Å². The molecular formula is C20H30ClNO3. The van der Waals surface area contributed by atoms with Gasteiger partial charge in [0.25, 0.3) is 5.91 Å². The molecule has 5 aliphatic carbocycles. The molecule has 0 aromatic rings. The van der Waals surface area contributed by atoms with Crippen molar-refractivity contribution in [3.05, 3.63) is 0 Å². The summed E-state index contributed by atoms with van der Waals surface area (Å²) in [5.74, 6) is 0.777. The third-order valence-electron chi connectivity index (χ3n) is 7.03. The topological polar surface area (TPSA) is 55.4 Å². The van der Waals surface area contributed by atoms with E-state index in [2.05, 4.69) is 5.32 Å². The van der Waals surface area contributed by atoms with Gasteiger partial charge in [-0.3, -0.25) is 9.59 Å². The zero-order chi connectivity index (χ0) is 17.7. The van der Waals surface area contributed by atoms with Gasteiger partial charge in [-0.2, -0.15) is 0 Å². The number of rotatable bonds is 4. The minimum Gasteiger partial charge on any atom is -0.452 e. The summed E-state index contributed by atoms with van der Waals surface area (Å²) in [6, 6.07) is 0.244. The van der Waals surface area contributed by atoms with Crippen molar-refractivity contribution in [3.63, 3.8) is 0 Å². The Kier molecular flexibility index (Phi) is 4.54. The molecular weight excluding hydrogens is 338 g/mol. The van der Waals surface area contributed by atoms with Crippen LogP contribution in [0.3, 0.4) is 0 Å². The van der Waals surface area contributed by atoms with Crippen LogP contribution in [0.4, 0.5) is 0 Å². The van der Waals surface area contributed by atoms with Gasteiger partial charge in [-0.15, -0.1) is 11.6 Å². The van der Waals surface area contributed by atoms with E-state index in [0.717, 1.165) is 44.9 Å². The summed E-state index contributed by atoms with van der Waals surface area (Å²) in [7, 11) is 0. The fraction of sp³-hybridized carbons (Fsp3) is 0.900. The maximum atomic E-state index is 13.0. The number of esters is 1. The first-order valence-electron chi connectivity index (χ1n) is 10.1. The monoisotopic (exact) mass is 367 g/mol. The van der Waals surface area contributed by atoms with Gasteiger partial charge in [0.2, 0.25) is 0 Å². The SMILES string of the molecule is C[C@H](OC(=O)C12C[C@@H]3C[C@@H](CC(Cl)(C3)C1)C2)C(=O)NC1CCCCC1. The molecule has 0 saturated heterocycles. The summed E-state index contributed by atoms with van der Waals surface area (Å²) in [5.41, 5.74) is -0.439. The Labute approximate surface area is 155 Å². The fourth-order valence-corrected chi connectivity index (χ4v) is 6.99. The number of alkyl halides is 1. The van der Waals surface area contributed by atoms with E-state index < -0.39 is 11.5 Å². The molecule has 25 heavy (non-hydrogen) atoms. The van der Waals surface area contributed by atoms with E-state index in [-0.39, 0.29) is 22.8 Å². The fourth-order valence-electron chi connectivity index (χ4n) is 6.29. The Bertz CT molecular complexity index is 543. The lowest BCUT2D eigenvalue weighted by atomic mass is 9.49. The highest BCUT2D eigenvalue weighted by Crippen LogP contribution is 2.64. The normalized spacial score (nSPS) is 41.4. The number of ether oxygens (including phenoxy) is 1. The van der Waals surface area contributed by atoms with Crippen molar-refractivity contribution in [2.24, 2.45) is 17.3 Å². The number of hydrogen-bond donors (Lipinski definition) is 1. The highest BCUT2D eigenvalue weighted by atomic mass is 35.5. The Balaban J connectivity index is 1.37. The molecule has 140 valence electrons. The minimum absolute atomic E-state index is 0.148. The molecule has 0 heterocycles. The number of nitrogens with one attached hydrogen (secondary N) is 1. The summed E-state index contributed by atoms with van der Waals surface area (Å²) in [6.45, 7) is 1.70. The molecule has 0 aliphatic heterocycles. The number of hydrogen-bond acceptors (Lipinski definition) is 3. The maximum absolute atomic E-state index is 13.0. The predicted molar refractivity (Wildman–Crippen MR) is 96.3 cm³/mol. The summed E-state index contributed by atoms with van der Waals surface area (Å²) < 4.78 is 5.67. The zero-order valence-electron chi connectivity index (χ0n) is 15.2. The highest BCUT2D eigenvalue weighted by molar-refractivity contribution is 6.24. The zero-order valence-corrected chi connectivity index (χ0v) is 15.9. The van der Waals surface area contributed by atoms with Crippen LogP contribution in [0, 0.1) is 17.3 Å². The van der Waals surface area contributed by atoms with Crippen molar-refractivity contribution in [2.45, 2.75) is 94.6 Å². The number of halogens is 1. The average molecular weight is 368 g/mol. The van der Waals surface area contributed by atoms with E-state index in [1.54, 1.807) is 6.92 Å². The Hall–Kier alpha value is -0.770. The first-order chi connectivity index (χ1) is 11.9. The summed E-state index contributed by atoms with van der Waals surface area (Å²) >= 11 is 6.81. The lowest BCUT2D eigenvalue weighted by molar-refractivity contribution is -0.177. The molecule has 4 nitrogen and oxygen atoms in total.